The van der Waals surface area contributed by atoms with Crippen molar-refractivity contribution in [3.05, 3.63) is 0 Å². The van der Waals surface area contributed by atoms with Crippen molar-refractivity contribution < 1.29 is 24.9 Å². The van der Waals surface area contributed by atoms with E-state index in [1.54, 1.807) is 0 Å². The number of nitrogens with one attached hydrogen (secondary N) is 1. The Bertz CT molecular complexity index is 766. The fourth-order valence-corrected chi connectivity index (χ4v) is 9.19. The summed E-state index contributed by atoms with van der Waals surface area (Å²) in [7, 11) is 0. The van der Waals surface area contributed by atoms with Crippen LogP contribution in [0.15, 0.2) is 0 Å². The van der Waals surface area contributed by atoms with Crippen LogP contribution in [0.3, 0.4) is 0 Å². The zero-order valence-electron chi connectivity index (χ0n) is 16.5. The number of rotatable bonds is 0. The van der Waals surface area contributed by atoms with Crippen molar-refractivity contribution in [2.75, 3.05) is 0 Å². The number of hydrogen-bond donors (Lipinski definition) is 4. The second-order valence-corrected chi connectivity index (χ2v) is 11.5. The van der Waals surface area contributed by atoms with Crippen LogP contribution in [0.25, 0.3) is 0 Å². The molecule has 150 valence electrons. The molecular formula is C21H31NO5. The molecule has 4 aliphatic carbocycles. The summed E-state index contributed by atoms with van der Waals surface area (Å²) in [4.78, 5) is 13.8. The minimum absolute atomic E-state index is 0.114. The average molecular weight is 377 g/mol. The van der Waals surface area contributed by atoms with Crippen molar-refractivity contribution in [3.8, 4) is 0 Å². The summed E-state index contributed by atoms with van der Waals surface area (Å²) in [5.41, 5.74) is -2.69. The molecule has 6 nitrogen and oxygen atoms in total. The molecule has 4 saturated carbocycles. The van der Waals surface area contributed by atoms with Gasteiger partial charge in [-0.15, -0.1) is 0 Å². The number of aliphatic hydroxyl groups is 3. The third-order valence-corrected chi connectivity index (χ3v) is 10.1. The molecule has 0 aromatic rings. The second kappa shape index (κ2) is 4.31. The van der Waals surface area contributed by atoms with Gasteiger partial charge < -0.3 is 20.1 Å². The van der Waals surface area contributed by atoms with Gasteiger partial charge in [-0.1, -0.05) is 27.7 Å². The molecule has 0 amide bonds. The van der Waals surface area contributed by atoms with E-state index in [-0.39, 0.29) is 41.2 Å². The van der Waals surface area contributed by atoms with Gasteiger partial charge in [0.05, 0.1) is 6.10 Å². The monoisotopic (exact) mass is 377 g/mol. The van der Waals surface area contributed by atoms with Crippen molar-refractivity contribution in [1.29, 1.82) is 0 Å². The number of Topliss-reactive ketones (excluding diaryl/α,β-unsaturated/α-hetero) is 1. The first-order valence-corrected chi connectivity index (χ1v) is 10.6. The normalized spacial score (nSPS) is 64.0. The first-order valence-electron chi connectivity index (χ1n) is 10.6. The second-order valence-electron chi connectivity index (χ2n) is 11.5. The lowest BCUT2D eigenvalue weighted by Crippen LogP contribution is -2.95. The Hall–Kier alpha value is -0.530. The van der Waals surface area contributed by atoms with Crippen LogP contribution < -0.4 is 5.32 Å². The maximum atomic E-state index is 13.8. The van der Waals surface area contributed by atoms with Crippen molar-refractivity contribution >= 4 is 5.78 Å². The van der Waals surface area contributed by atoms with E-state index >= 15 is 0 Å². The summed E-state index contributed by atoms with van der Waals surface area (Å²) >= 11 is 0. The van der Waals surface area contributed by atoms with Crippen LogP contribution in [0.4, 0.5) is 0 Å². The molecule has 3 saturated heterocycles. The van der Waals surface area contributed by atoms with Gasteiger partial charge in [0.1, 0.15) is 17.7 Å². The molecule has 6 heteroatoms. The van der Waals surface area contributed by atoms with Crippen LogP contribution in [0, 0.1) is 39.4 Å². The molecule has 7 rings (SSSR count). The van der Waals surface area contributed by atoms with E-state index in [1.807, 2.05) is 13.8 Å². The van der Waals surface area contributed by atoms with Crippen LogP contribution in [-0.4, -0.2) is 51.4 Å². The van der Waals surface area contributed by atoms with Gasteiger partial charge in [-0.3, -0.25) is 10.1 Å². The van der Waals surface area contributed by atoms with Crippen LogP contribution in [0.2, 0.25) is 0 Å². The number of ether oxygens (including phenoxy) is 1. The Balaban J connectivity index is 1.66. The third kappa shape index (κ3) is 1.34. The highest BCUT2D eigenvalue weighted by molar-refractivity contribution is 5.96. The smallest absolute Gasteiger partial charge is 0.209 e. The van der Waals surface area contributed by atoms with E-state index < -0.39 is 34.2 Å². The van der Waals surface area contributed by atoms with Gasteiger partial charge in [-0.2, -0.15) is 0 Å². The summed E-state index contributed by atoms with van der Waals surface area (Å²) in [5.74, 6) is -2.66. The van der Waals surface area contributed by atoms with Gasteiger partial charge in [0.2, 0.25) is 5.79 Å². The van der Waals surface area contributed by atoms with Crippen LogP contribution in [0.5, 0.6) is 0 Å². The quantitative estimate of drug-likeness (QED) is 0.498. The molecule has 7 aliphatic rings. The van der Waals surface area contributed by atoms with Gasteiger partial charge in [-0.05, 0) is 42.9 Å². The Labute approximate surface area is 159 Å². The topological polar surface area (TPSA) is 99.0 Å². The van der Waals surface area contributed by atoms with Crippen LogP contribution >= 0.6 is 0 Å². The summed E-state index contributed by atoms with van der Waals surface area (Å²) < 4.78 is 6.14. The van der Waals surface area contributed by atoms with Crippen molar-refractivity contribution in [3.63, 3.8) is 0 Å². The molecule has 10 atom stereocenters. The summed E-state index contributed by atoms with van der Waals surface area (Å²) in [5, 5.41) is 38.3. The molecule has 4 N–H and O–H groups in total. The molecule has 2 spiro atoms. The highest BCUT2D eigenvalue weighted by Crippen LogP contribution is 2.80. The Kier molecular flexibility index (Phi) is 2.77. The van der Waals surface area contributed by atoms with Gasteiger partial charge >= 0.3 is 0 Å². The molecule has 0 aromatic carbocycles. The molecule has 3 aliphatic heterocycles. The third-order valence-electron chi connectivity index (χ3n) is 10.1. The Morgan fingerprint density at radius 3 is 2.48 bits per heavy atom. The van der Waals surface area contributed by atoms with E-state index in [4.69, 9.17) is 4.74 Å². The predicted molar refractivity (Wildman–Crippen MR) is 95.1 cm³/mol. The van der Waals surface area contributed by atoms with Gasteiger partial charge in [0.25, 0.3) is 0 Å². The fraction of sp³-hybridized carbons (Fsp3) is 0.952. The van der Waals surface area contributed by atoms with E-state index in [2.05, 4.69) is 19.2 Å². The fourth-order valence-electron chi connectivity index (χ4n) is 9.19. The Morgan fingerprint density at radius 1 is 1.07 bits per heavy atom. The summed E-state index contributed by atoms with van der Waals surface area (Å²) in [6.45, 7) is 8.11. The van der Waals surface area contributed by atoms with Crippen LogP contribution in [0.1, 0.15) is 53.4 Å². The number of ketones is 1. The van der Waals surface area contributed by atoms with E-state index in [0.29, 0.717) is 0 Å². The number of aliphatic hydroxyl groups excluding tert-OH is 2. The first kappa shape index (κ1) is 17.3. The Morgan fingerprint density at radius 2 is 1.78 bits per heavy atom. The maximum absolute atomic E-state index is 13.8. The standard InChI is InChI=1S/C21H31NO5/c1-17(2)8-7-11-19-10-6-5-9-13(23)20(10,15(25)18(9,3)4)21(26,14(24)12(17)19)27-16(19)22-11/h9-14,16,22-24,26H,5-8H2,1-4H3/t9-,10+,11-,12-,13+,14+,16?,19+,20-,21-/m1/s1. The van der Waals surface area contributed by atoms with E-state index in [9.17, 15) is 20.1 Å². The number of carbonyl (C=O) groups excluding carboxylic acids is 1. The summed E-state index contributed by atoms with van der Waals surface area (Å²) in [6.07, 6.45) is 1.02. The van der Waals surface area contributed by atoms with Crippen molar-refractivity contribution in [2.45, 2.75) is 83.6 Å². The molecule has 3 heterocycles. The molecule has 7 fully saturated rings. The lowest BCUT2D eigenvalue weighted by Gasteiger charge is -2.81. The minimum atomic E-state index is -2.04. The lowest BCUT2D eigenvalue weighted by molar-refractivity contribution is -0.501. The minimum Gasteiger partial charge on any atom is -0.392 e. The zero-order chi connectivity index (χ0) is 19.4. The molecular weight excluding hydrogens is 346 g/mol. The lowest BCUT2D eigenvalue weighted by atomic mass is 9.32. The number of hydrogen-bond acceptors (Lipinski definition) is 6. The molecule has 1 unspecified atom stereocenters. The molecule has 0 aromatic heterocycles. The van der Waals surface area contributed by atoms with Gasteiger partial charge in [0, 0.05) is 22.8 Å². The predicted octanol–water partition coefficient (Wildman–Crippen LogP) is 0.783. The SMILES string of the molecule is CC1(C)CC[C@H]2NC3O[C@]4(O)[C@@H](O)[C@H]1[C@@]32[C@@H]1CC[C@@H]2[C@H](O)[C@@]14C(=O)C2(C)C. The average Bonchev–Trinajstić information content (AvgIpc) is 2.65. The van der Waals surface area contributed by atoms with Gasteiger partial charge in [-0.25, -0.2) is 0 Å². The molecule has 0 radical (unpaired) electrons. The highest BCUT2D eigenvalue weighted by atomic mass is 16.7. The highest BCUT2D eigenvalue weighted by Gasteiger charge is 2.92. The van der Waals surface area contributed by atoms with Crippen LogP contribution in [-0.2, 0) is 9.53 Å². The molecule has 4 bridgehead atoms. The maximum Gasteiger partial charge on any atom is 0.209 e. The molecule has 27 heavy (non-hydrogen) atoms. The van der Waals surface area contributed by atoms with Crippen molar-refractivity contribution in [2.24, 2.45) is 39.4 Å². The van der Waals surface area contributed by atoms with E-state index in [1.165, 1.54) is 0 Å². The number of fused-ring (bicyclic) bond motifs is 1. The largest absolute Gasteiger partial charge is 0.392 e. The number of carbonyl (C=O) groups is 1. The first-order chi connectivity index (χ1) is 12.5. The van der Waals surface area contributed by atoms with Gasteiger partial charge in [0.15, 0.2) is 5.78 Å². The zero-order valence-corrected chi connectivity index (χ0v) is 16.5. The van der Waals surface area contributed by atoms with E-state index in [0.717, 1.165) is 25.7 Å². The summed E-state index contributed by atoms with van der Waals surface area (Å²) in [6, 6.07) is 0.169. The van der Waals surface area contributed by atoms with Crippen molar-refractivity contribution in [1.82, 2.24) is 5.32 Å².